The number of methoxy groups -OCH3 is 2. The molecular formula is C21H22F5N5O4. The molecule has 2 heterocycles. The van der Waals surface area contributed by atoms with Gasteiger partial charge in [0, 0.05) is 26.8 Å². The van der Waals surface area contributed by atoms with Crippen LogP contribution in [0.3, 0.4) is 0 Å². The van der Waals surface area contributed by atoms with E-state index in [1.165, 1.54) is 20.3 Å². The van der Waals surface area contributed by atoms with Gasteiger partial charge in [0.1, 0.15) is 29.0 Å². The van der Waals surface area contributed by atoms with Crippen molar-refractivity contribution in [2.24, 2.45) is 0 Å². The second-order valence-electron chi connectivity index (χ2n) is 7.33. The lowest BCUT2D eigenvalue weighted by Gasteiger charge is -2.24. The minimum absolute atomic E-state index is 0.182. The molecule has 2 atom stereocenters. The van der Waals surface area contributed by atoms with Crippen molar-refractivity contribution in [1.82, 2.24) is 24.8 Å². The molecule has 1 N–H and O–H groups in total. The maximum absolute atomic E-state index is 12.8. The first-order valence-corrected chi connectivity index (χ1v) is 10.2. The Morgan fingerprint density at radius 1 is 1.17 bits per heavy atom. The number of hydrogen-bond donors (Lipinski definition) is 1. The van der Waals surface area contributed by atoms with Gasteiger partial charge in [-0.1, -0.05) is 0 Å². The van der Waals surface area contributed by atoms with Gasteiger partial charge in [-0.15, -0.1) is 13.2 Å². The number of alkyl halides is 5. The van der Waals surface area contributed by atoms with Crippen LogP contribution in [0.25, 0.3) is 11.0 Å². The summed E-state index contributed by atoms with van der Waals surface area (Å²) in [6.07, 6.45) is -6.66. The number of ether oxygens (including phenoxy) is 3. The first-order chi connectivity index (χ1) is 16.5. The quantitative estimate of drug-likeness (QED) is 0.420. The van der Waals surface area contributed by atoms with Gasteiger partial charge in [-0.25, -0.2) is 18.7 Å². The summed E-state index contributed by atoms with van der Waals surface area (Å²) in [6.45, 7) is 2.14. The molecule has 0 aliphatic rings. The third kappa shape index (κ3) is 6.39. The number of fused-ring (bicyclic) bond motifs is 1. The first-order valence-electron chi connectivity index (χ1n) is 10.2. The summed E-state index contributed by atoms with van der Waals surface area (Å²) in [5.74, 6) is -0.928. The van der Waals surface area contributed by atoms with Crippen molar-refractivity contribution < 1.29 is 41.0 Å². The van der Waals surface area contributed by atoms with Crippen molar-refractivity contribution in [3.8, 4) is 5.75 Å². The van der Waals surface area contributed by atoms with Gasteiger partial charge in [0.05, 0.1) is 36.1 Å². The van der Waals surface area contributed by atoms with Gasteiger partial charge >= 0.3 is 6.36 Å². The van der Waals surface area contributed by atoms with Crippen molar-refractivity contribution in [1.29, 1.82) is 0 Å². The summed E-state index contributed by atoms with van der Waals surface area (Å²) in [6, 6.07) is 2.78. The molecular weight excluding hydrogens is 481 g/mol. The Labute approximate surface area is 196 Å². The highest BCUT2D eigenvalue weighted by molar-refractivity contribution is 5.92. The Kier molecular flexibility index (Phi) is 8.17. The molecule has 9 nitrogen and oxygen atoms in total. The van der Waals surface area contributed by atoms with E-state index in [9.17, 15) is 26.7 Å². The molecule has 0 unspecified atom stereocenters. The molecule has 3 aromatic rings. The van der Waals surface area contributed by atoms with Crippen LogP contribution in [-0.2, 0) is 16.0 Å². The van der Waals surface area contributed by atoms with Crippen LogP contribution in [0.1, 0.15) is 41.4 Å². The van der Waals surface area contributed by atoms with E-state index in [1.54, 1.807) is 11.5 Å². The number of aromatic nitrogens is 4. The molecule has 0 aliphatic carbocycles. The number of imidazole rings is 1. The number of carbonyl (C=O) groups excluding carboxylic acids is 1. The Morgan fingerprint density at radius 2 is 1.91 bits per heavy atom. The fourth-order valence-electron chi connectivity index (χ4n) is 3.29. The standard InChI is InChI=1S/C21H22F5N5O4/c1-11(34-3)17(30-20(32)15-10-27-14(9-28-15)18(22)23)19-29-13-8-12(35-21(24,25)26)4-5-16(13)31(19)6-7-33-2/h4-5,8-11,17-18H,6-7H2,1-3H3,(H,30,32)/t11-,17+/m1/s1. The number of amides is 1. The number of nitrogens with zero attached hydrogens (tertiary/aromatic N) is 4. The molecule has 14 heteroatoms. The summed E-state index contributed by atoms with van der Waals surface area (Å²) in [7, 11) is 2.88. The van der Waals surface area contributed by atoms with E-state index in [0.29, 0.717) is 5.52 Å². The largest absolute Gasteiger partial charge is 0.573 e. The van der Waals surface area contributed by atoms with Crippen LogP contribution in [0.15, 0.2) is 30.6 Å². The molecule has 35 heavy (non-hydrogen) atoms. The monoisotopic (exact) mass is 503 g/mol. The highest BCUT2D eigenvalue weighted by atomic mass is 19.4. The Morgan fingerprint density at radius 3 is 2.49 bits per heavy atom. The van der Waals surface area contributed by atoms with Gasteiger partial charge in [0.2, 0.25) is 0 Å². The van der Waals surface area contributed by atoms with Crippen molar-refractivity contribution in [2.45, 2.75) is 38.4 Å². The third-order valence-corrected chi connectivity index (χ3v) is 5.04. The van der Waals surface area contributed by atoms with E-state index in [4.69, 9.17) is 9.47 Å². The molecule has 0 fully saturated rings. The minimum Gasteiger partial charge on any atom is -0.406 e. The predicted octanol–water partition coefficient (Wildman–Crippen LogP) is 3.81. The number of hydrogen-bond acceptors (Lipinski definition) is 7. The van der Waals surface area contributed by atoms with Crippen LogP contribution in [-0.4, -0.2) is 58.7 Å². The molecule has 0 saturated heterocycles. The van der Waals surface area contributed by atoms with Crippen molar-refractivity contribution in [3.05, 3.63) is 47.8 Å². The molecule has 0 bridgehead atoms. The molecule has 0 spiro atoms. The molecule has 190 valence electrons. The SMILES string of the molecule is COCCn1c([C@@H](NC(=O)c2cnc(C(F)F)cn2)[C@@H](C)OC)nc2cc(OC(F)(F)F)ccc21. The zero-order valence-electron chi connectivity index (χ0n) is 18.8. The van der Waals surface area contributed by atoms with Crippen molar-refractivity contribution >= 4 is 16.9 Å². The third-order valence-electron chi connectivity index (χ3n) is 5.04. The fraction of sp³-hybridized carbons (Fsp3) is 0.429. The van der Waals surface area contributed by atoms with Crippen LogP contribution < -0.4 is 10.1 Å². The highest BCUT2D eigenvalue weighted by Gasteiger charge is 2.32. The predicted molar refractivity (Wildman–Crippen MR) is 112 cm³/mol. The number of rotatable bonds is 10. The zero-order valence-corrected chi connectivity index (χ0v) is 18.8. The van der Waals surface area contributed by atoms with Gasteiger partial charge in [-0.3, -0.25) is 9.78 Å². The lowest BCUT2D eigenvalue weighted by Crippen LogP contribution is -2.38. The second-order valence-corrected chi connectivity index (χ2v) is 7.33. The zero-order chi connectivity index (χ0) is 25.8. The number of nitrogens with one attached hydrogen (secondary N) is 1. The number of halogens is 5. The molecule has 2 aromatic heterocycles. The average Bonchev–Trinajstić information content (AvgIpc) is 3.16. The maximum atomic E-state index is 12.8. The van der Waals surface area contributed by atoms with Gasteiger partial charge in [0.25, 0.3) is 12.3 Å². The fourth-order valence-corrected chi connectivity index (χ4v) is 3.29. The molecule has 0 aliphatic heterocycles. The van der Waals surface area contributed by atoms with E-state index < -0.39 is 42.3 Å². The normalized spacial score (nSPS) is 13.7. The van der Waals surface area contributed by atoms with Gasteiger partial charge in [0.15, 0.2) is 0 Å². The molecule has 3 rings (SSSR count). The van der Waals surface area contributed by atoms with Crippen LogP contribution in [0, 0.1) is 0 Å². The number of benzene rings is 1. The summed E-state index contributed by atoms with van der Waals surface area (Å²) in [5, 5.41) is 2.69. The highest BCUT2D eigenvalue weighted by Crippen LogP contribution is 2.30. The van der Waals surface area contributed by atoms with Crippen LogP contribution in [0.5, 0.6) is 5.75 Å². The molecule has 1 aromatic carbocycles. The van der Waals surface area contributed by atoms with Crippen LogP contribution >= 0.6 is 0 Å². The topological polar surface area (TPSA) is 100 Å². The smallest absolute Gasteiger partial charge is 0.406 e. The Hall–Kier alpha value is -3.39. The lowest BCUT2D eigenvalue weighted by molar-refractivity contribution is -0.274. The van der Waals surface area contributed by atoms with Gasteiger partial charge in [-0.05, 0) is 19.1 Å². The summed E-state index contributed by atoms with van der Waals surface area (Å²) in [4.78, 5) is 24.5. The van der Waals surface area contributed by atoms with E-state index in [1.807, 2.05) is 0 Å². The van der Waals surface area contributed by atoms with Gasteiger partial charge < -0.3 is 24.1 Å². The van der Waals surface area contributed by atoms with Crippen molar-refractivity contribution in [2.75, 3.05) is 20.8 Å². The average molecular weight is 503 g/mol. The Bertz CT molecular complexity index is 1150. The second kappa shape index (κ2) is 10.9. The van der Waals surface area contributed by atoms with E-state index in [2.05, 4.69) is 25.0 Å². The lowest BCUT2D eigenvalue weighted by atomic mass is 10.1. The minimum atomic E-state index is -4.88. The summed E-state index contributed by atoms with van der Waals surface area (Å²) in [5.41, 5.74) is -0.151. The van der Waals surface area contributed by atoms with E-state index in [-0.39, 0.29) is 30.2 Å². The summed E-state index contributed by atoms with van der Waals surface area (Å²) >= 11 is 0. The van der Waals surface area contributed by atoms with Crippen LogP contribution in [0.2, 0.25) is 0 Å². The summed E-state index contributed by atoms with van der Waals surface area (Å²) < 4.78 is 79.6. The van der Waals surface area contributed by atoms with Crippen LogP contribution in [0.4, 0.5) is 22.0 Å². The Balaban J connectivity index is 2.01. The van der Waals surface area contributed by atoms with E-state index in [0.717, 1.165) is 24.5 Å². The molecule has 0 saturated carbocycles. The van der Waals surface area contributed by atoms with E-state index >= 15 is 0 Å². The first kappa shape index (κ1) is 26.2. The van der Waals surface area contributed by atoms with Gasteiger partial charge in [-0.2, -0.15) is 0 Å². The maximum Gasteiger partial charge on any atom is 0.573 e. The number of carbonyl (C=O) groups is 1. The van der Waals surface area contributed by atoms with Crippen molar-refractivity contribution in [3.63, 3.8) is 0 Å². The molecule has 0 radical (unpaired) electrons. The molecule has 1 amide bonds.